The number of aromatic nitrogens is 1. The molecule has 1 saturated heterocycles. The van der Waals surface area contributed by atoms with Gasteiger partial charge in [0, 0.05) is 43.6 Å². The van der Waals surface area contributed by atoms with E-state index in [-0.39, 0.29) is 0 Å². The Balaban J connectivity index is 1.48. The second kappa shape index (κ2) is 8.19. The molecule has 1 aromatic heterocycles. The first-order valence-corrected chi connectivity index (χ1v) is 9.76. The van der Waals surface area contributed by atoms with Gasteiger partial charge in [0.25, 0.3) is 0 Å². The summed E-state index contributed by atoms with van der Waals surface area (Å²) in [6.45, 7) is 8.02. The fraction of sp³-hybridized carbons (Fsp3) is 0.750. The van der Waals surface area contributed by atoms with E-state index in [9.17, 15) is 0 Å². The molecule has 0 radical (unpaired) electrons. The molecule has 4 nitrogen and oxygen atoms in total. The van der Waals surface area contributed by atoms with Gasteiger partial charge in [0.2, 0.25) is 0 Å². The summed E-state index contributed by atoms with van der Waals surface area (Å²) in [5, 5.41) is 6.95. The van der Waals surface area contributed by atoms with E-state index in [0.29, 0.717) is 12.0 Å². The van der Waals surface area contributed by atoms with Crippen LogP contribution in [0.5, 0.6) is 0 Å². The predicted octanol–water partition coefficient (Wildman–Crippen LogP) is 3.75. The summed E-state index contributed by atoms with van der Waals surface area (Å²) in [5.41, 5.74) is 1.29. The SMILES string of the molecule is CN[C@@H]1CCN(c2ccnc(NCC(C)CC3CCC(C)C3)c2)C1. The van der Waals surface area contributed by atoms with Crippen LogP contribution in [0, 0.1) is 17.8 Å². The highest BCUT2D eigenvalue weighted by molar-refractivity contribution is 5.54. The van der Waals surface area contributed by atoms with Gasteiger partial charge in [0.1, 0.15) is 5.82 Å². The summed E-state index contributed by atoms with van der Waals surface area (Å²) >= 11 is 0. The van der Waals surface area contributed by atoms with Crippen LogP contribution >= 0.6 is 0 Å². The molecule has 1 aliphatic carbocycles. The van der Waals surface area contributed by atoms with Crippen molar-refractivity contribution in [2.24, 2.45) is 17.8 Å². The maximum absolute atomic E-state index is 4.51. The van der Waals surface area contributed by atoms with Crippen molar-refractivity contribution in [1.82, 2.24) is 10.3 Å². The molecule has 1 saturated carbocycles. The van der Waals surface area contributed by atoms with Gasteiger partial charge in [0.15, 0.2) is 0 Å². The van der Waals surface area contributed by atoms with Gasteiger partial charge in [-0.05, 0) is 50.1 Å². The average molecular weight is 331 g/mol. The van der Waals surface area contributed by atoms with E-state index in [1.165, 1.54) is 37.8 Å². The number of anilines is 2. The second-order valence-electron chi connectivity index (χ2n) is 8.13. The minimum Gasteiger partial charge on any atom is -0.370 e. The smallest absolute Gasteiger partial charge is 0.127 e. The Morgan fingerprint density at radius 3 is 2.92 bits per heavy atom. The van der Waals surface area contributed by atoms with E-state index in [0.717, 1.165) is 37.3 Å². The lowest BCUT2D eigenvalue weighted by Crippen LogP contribution is -2.29. The van der Waals surface area contributed by atoms with Gasteiger partial charge in [-0.15, -0.1) is 0 Å². The molecule has 2 fully saturated rings. The van der Waals surface area contributed by atoms with Gasteiger partial charge in [0.05, 0.1) is 0 Å². The predicted molar refractivity (Wildman–Crippen MR) is 103 cm³/mol. The fourth-order valence-corrected chi connectivity index (χ4v) is 4.41. The molecule has 2 N–H and O–H groups in total. The van der Waals surface area contributed by atoms with Crippen molar-refractivity contribution >= 4 is 11.5 Å². The maximum Gasteiger partial charge on any atom is 0.127 e. The standard InChI is InChI=1S/C20H34N4/c1-15-4-5-17(10-15)11-16(2)13-23-20-12-19(6-8-22-20)24-9-7-18(14-24)21-3/h6,8,12,15-18,21H,4-5,7,9-11,13-14H2,1-3H3,(H,22,23)/t15?,16?,17?,18-/m1/s1. The minimum absolute atomic E-state index is 0.614. The highest BCUT2D eigenvalue weighted by Gasteiger charge is 2.23. The van der Waals surface area contributed by atoms with E-state index in [2.05, 4.69) is 53.5 Å². The Bertz CT molecular complexity index is 518. The largest absolute Gasteiger partial charge is 0.370 e. The van der Waals surface area contributed by atoms with Crippen molar-refractivity contribution in [3.8, 4) is 0 Å². The third-order valence-electron chi connectivity index (χ3n) is 5.88. The molecule has 3 rings (SSSR count). The van der Waals surface area contributed by atoms with Crippen molar-refractivity contribution in [3.05, 3.63) is 18.3 Å². The van der Waals surface area contributed by atoms with Gasteiger partial charge in [-0.25, -0.2) is 4.98 Å². The molecule has 2 aliphatic rings. The lowest BCUT2D eigenvalue weighted by atomic mass is 9.94. The van der Waals surface area contributed by atoms with Crippen LogP contribution in [-0.2, 0) is 0 Å². The van der Waals surface area contributed by atoms with Crippen molar-refractivity contribution in [2.45, 2.75) is 52.0 Å². The number of hydrogen-bond donors (Lipinski definition) is 2. The van der Waals surface area contributed by atoms with Crippen LogP contribution in [0.15, 0.2) is 18.3 Å². The zero-order chi connectivity index (χ0) is 16.9. The van der Waals surface area contributed by atoms with Crippen LogP contribution in [0.25, 0.3) is 0 Å². The van der Waals surface area contributed by atoms with Gasteiger partial charge in [-0.3, -0.25) is 0 Å². The van der Waals surface area contributed by atoms with Crippen LogP contribution in [0.3, 0.4) is 0 Å². The summed E-state index contributed by atoms with van der Waals surface area (Å²) in [7, 11) is 2.06. The summed E-state index contributed by atoms with van der Waals surface area (Å²) in [6.07, 6.45) is 8.80. The van der Waals surface area contributed by atoms with E-state index in [1.54, 1.807) is 0 Å². The maximum atomic E-state index is 4.51. The Kier molecular flexibility index (Phi) is 5.99. The third-order valence-corrected chi connectivity index (χ3v) is 5.88. The highest BCUT2D eigenvalue weighted by atomic mass is 15.2. The topological polar surface area (TPSA) is 40.2 Å². The Hall–Kier alpha value is -1.29. The number of likely N-dealkylation sites (N-methyl/N-ethyl adjacent to an activating group) is 1. The van der Waals surface area contributed by atoms with Gasteiger partial charge < -0.3 is 15.5 Å². The first-order chi connectivity index (χ1) is 11.6. The van der Waals surface area contributed by atoms with E-state index >= 15 is 0 Å². The molecule has 3 unspecified atom stereocenters. The van der Waals surface area contributed by atoms with E-state index in [1.807, 2.05) is 6.20 Å². The van der Waals surface area contributed by atoms with Crippen LogP contribution in [0.1, 0.15) is 46.0 Å². The molecule has 1 aromatic rings. The van der Waals surface area contributed by atoms with E-state index in [4.69, 9.17) is 0 Å². The third kappa shape index (κ3) is 4.62. The minimum atomic E-state index is 0.614. The number of rotatable bonds is 7. The van der Waals surface area contributed by atoms with Crippen molar-refractivity contribution < 1.29 is 0 Å². The molecular weight excluding hydrogens is 296 g/mol. The Morgan fingerprint density at radius 1 is 1.33 bits per heavy atom. The lowest BCUT2D eigenvalue weighted by molar-refractivity contribution is 0.399. The molecule has 0 spiro atoms. The van der Waals surface area contributed by atoms with E-state index < -0.39 is 0 Å². The summed E-state index contributed by atoms with van der Waals surface area (Å²) < 4.78 is 0. The molecule has 4 heteroatoms. The zero-order valence-electron chi connectivity index (χ0n) is 15.6. The number of hydrogen-bond acceptors (Lipinski definition) is 4. The summed E-state index contributed by atoms with van der Waals surface area (Å²) in [5.74, 6) is 3.62. The van der Waals surface area contributed by atoms with Crippen molar-refractivity contribution in [3.63, 3.8) is 0 Å². The quantitative estimate of drug-likeness (QED) is 0.799. The average Bonchev–Trinajstić information content (AvgIpc) is 3.22. The van der Waals surface area contributed by atoms with Crippen LogP contribution in [0.4, 0.5) is 11.5 Å². The van der Waals surface area contributed by atoms with Gasteiger partial charge >= 0.3 is 0 Å². The molecule has 134 valence electrons. The summed E-state index contributed by atoms with van der Waals surface area (Å²) in [4.78, 5) is 6.97. The highest BCUT2D eigenvalue weighted by Crippen LogP contribution is 2.34. The molecule has 1 aliphatic heterocycles. The molecule has 2 heterocycles. The van der Waals surface area contributed by atoms with Crippen LogP contribution in [-0.4, -0.2) is 37.7 Å². The number of nitrogens with zero attached hydrogens (tertiary/aromatic N) is 2. The van der Waals surface area contributed by atoms with Crippen molar-refractivity contribution in [2.75, 3.05) is 36.9 Å². The lowest BCUT2D eigenvalue weighted by Gasteiger charge is -2.20. The molecule has 0 bridgehead atoms. The fourth-order valence-electron chi connectivity index (χ4n) is 4.41. The molecule has 24 heavy (non-hydrogen) atoms. The molecule has 0 aromatic carbocycles. The first kappa shape index (κ1) is 17.5. The monoisotopic (exact) mass is 330 g/mol. The van der Waals surface area contributed by atoms with Crippen LogP contribution in [0.2, 0.25) is 0 Å². The number of nitrogens with one attached hydrogen (secondary N) is 2. The normalized spacial score (nSPS) is 28.3. The first-order valence-electron chi connectivity index (χ1n) is 9.76. The summed E-state index contributed by atoms with van der Waals surface area (Å²) in [6, 6.07) is 4.96. The Morgan fingerprint density at radius 2 is 2.21 bits per heavy atom. The van der Waals surface area contributed by atoms with Gasteiger partial charge in [-0.2, -0.15) is 0 Å². The molecular formula is C20H34N4. The zero-order valence-corrected chi connectivity index (χ0v) is 15.6. The van der Waals surface area contributed by atoms with Crippen molar-refractivity contribution in [1.29, 1.82) is 0 Å². The Labute approximate surface area is 147 Å². The van der Waals surface area contributed by atoms with Crippen LogP contribution < -0.4 is 15.5 Å². The van der Waals surface area contributed by atoms with Gasteiger partial charge in [-0.1, -0.05) is 26.7 Å². The number of pyridine rings is 1. The second-order valence-corrected chi connectivity index (χ2v) is 8.13. The molecule has 0 amide bonds. The molecule has 4 atom stereocenters.